The van der Waals surface area contributed by atoms with Gasteiger partial charge >= 0.3 is 0 Å². The third-order valence-corrected chi connectivity index (χ3v) is 2.95. The van der Waals surface area contributed by atoms with Gasteiger partial charge in [-0.25, -0.2) is 4.98 Å². The van der Waals surface area contributed by atoms with Gasteiger partial charge in [-0.1, -0.05) is 20.3 Å². The smallest absolute Gasteiger partial charge is 0.240 e. The fourth-order valence-electron chi connectivity index (χ4n) is 2.01. The second-order valence-electron chi connectivity index (χ2n) is 4.91. The van der Waals surface area contributed by atoms with Crippen LogP contribution >= 0.6 is 0 Å². The number of nitrogens with zero attached hydrogens (tertiary/aromatic N) is 2. The van der Waals surface area contributed by atoms with Crippen molar-refractivity contribution in [3.8, 4) is 0 Å². The van der Waals surface area contributed by atoms with E-state index in [2.05, 4.69) is 29.5 Å². The Labute approximate surface area is 115 Å². The van der Waals surface area contributed by atoms with Gasteiger partial charge in [0.25, 0.3) is 0 Å². The third kappa shape index (κ3) is 5.87. The number of carbonyl (C=O) groups excluding carboxylic acids is 1. The largest absolute Gasteiger partial charge is 0.352 e. The first kappa shape index (κ1) is 15.7. The number of imidazole rings is 1. The van der Waals surface area contributed by atoms with E-state index < -0.39 is 0 Å². The Morgan fingerprint density at radius 1 is 1.42 bits per heavy atom. The molecule has 1 amide bonds. The summed E-state index contributed by atoms with van der Waals surface area (Å²) in [7, 11) is 0. The van der Waals surface area contributed by atoms with Crippen molar-refractivity contribution < 1.29 is 4.79 Å². The van der Waals surface area contributed by atoms with E-state index in [1.54, 1.807) is 6.20 Å². The fraction of sp³-hybridized carbons (Fsp3) is 0.714. The van der Waals surface area contributed by atoms with Crippen molar-refractivity contribution in [3.63, 3.8) is 0 Å². The maximum atomic E-state index is 11.9. The third-order valence-electron chi connectivity index (χ3n) is 2.95. The van der Waals surface area contributed by atoms with Crippen LogP contribution in [0.3, 0.4) is 0 Å². The number of aromatic nitrogens is 2. The maximum Gasteiger partial charge on any atom is 0.240 e. The number of hydrogen-bond acceptors (Lipinski definition) is 3. The Kier molecular flexibility index (Phi) is 7.18. The molecule has 1 atom stereocenters. The monoisotopic (exact) mass is 266 g/mol. The molecule has 0 bridgehead atoms. The van der Waals surface area contributed by atoms with E-state index in [1.165, 1.54) is 0 Å². The molecule has 0 radical (unpaired) electrons. The zero-order valence-electron chi connectivity index (χ0n) is 12.3. The summed E-state index contributed by atoms with van der Waals surface area (Å²) in [5, 5.41) is 6.30. The number of rotatable bonds is 9. The molecule has 1 rings (SSSR count). The number of amides is 1. The van der Waals surface area contributed by atoms with Gasteiger partial charge in [0, 0.05) is 18.4 Å². The lowest BCUT2D eigenvalue weighted by Gasteiger charge is -2.14. The fourth-order valence-corrected chi connectivity index (χ4v) is 2.01. The number of carbonyl (C=O) groups is 1. The van der Waals surface area contributed by atoms with Crippen molar-refractivity contribution in [3.05, 3.63) is 18.2 Å². The van der Waals surface area contributed by atoms with Crippen LogP contribution in [0.5, 0.6) is 0 Å². The van der Waals surface area contributed by atoms with Gasteiger partial charge in [-0.2, -0.15) is 0 Å². The molecule has 0 aliphatic rings. The molecule has 2 N–H and O–H groups in total. The number of nitrogens with one attached hydrogen (secondary N) is 2. The van der Waals surface area contributed by atoms with Gasteiger partial charge in [-0.05, 0) is 26.3 Å². The minimum atomic E-state index is 0.0516. The van der Waals surface area contributed by atoms with Gasteiger partial charge in [0.2, 0.25) is 5.91 Å². The highest BCUT2D eigenvalue weighted by Gasteiger charge is 2.09. The summed E-state index contributed by atoms with van der Waals surface area (Å²) in [6.45, 7) is 8.31. The molecule has 0 aromatic carbocycles. The average Bonchev–Trinajstić information content (AvgIpc) is 2.77. The average molecular weight is 266 g/mol. The molecule has 0 saturated heterocycles. The molecule has 5 nitrogen and oxygen atoms in total. The quantitative estimate of drug-likeness (QED) is 0.669. The maximum absolute atomic E-state index is 11.9. The van der Waals surface area contributed by atoms with Crippen LogP contribution in [0.15, 0.2) is 12.4 Å². The Morgan fingerprint density at radius 2 is 2.21 bits per heavy atom. The summed E-state index contributed by atoms with van der Waals surface area (Å²) in [4.78, 5) is 16.2. The van der Waals surface area contributed by atoms with Gasteiger partial charge < -0.3 is 15.2 Å². The van der Waals surface area contributed by atoms with Crippen molar-refractivity contribution in [2.75, 3.05) is 6.54 Å². The SMILES string of the molecule is CCCNCc1nccn1CC(=O)NC(C)CCC. The molecule has 0 spiro atoms. The van der Waals surface area contributed by atoms with Crippen LogP contribution in [0, 0.1) is 0 Å². The molecule has 0 saturated carbocycles. The Bertz CT molecular complexity index is 375. The van der Waals surface area contributed by atoms with Crippen LogP contribution in [-0.2, 0) is 17.9 Å². The molecular formula is C14H26N4O. The molecule has 1 heterocycles. The van der Waals surface area contributed by atoms with E-state index >= 15 is 0 Å². The predicted molar refractivity (Wildman–Crippen MR) is 76.7 cm³/mol. The normalized spacial score (nSPS) is 12.4. The van der Waals surface area contributed by atoms with E-state index in [0.717, 1.165) is 31.6 Å². The van der Waals surface area contributed by atoms with Crippen molar-refractivity contribution in [1.82, 2.24) is 20.2 Å². The molecule has 0 fully saturated rings. The van der Waals surface area contributed by atoms with Gasteiger partial charge in [0.1, 0.15) is 12.4 Å². The summed E-state index contributed by atoms with van der Waals surface area (Å²) in [5.74, 6) is 0.961. The number of hydrogen-bond donors (Lipinski definition) is 2. The first-order chi connectivity index (χ1) is 9.17. The van der Waals surface area contributed by atoms with E-state index in [-0.39, 0.29) is 11.9 Å². The molecule has 0 aliphatic heterocycles. The Hall–Kier alpha value is -1.36. The van der Waals surface area contributed by atoms with Gasteiger partial charge in [0.15, 0.2) is 0 Å². The minimum Gasteiger partial charge on any atom is -0.352 e. The molecule has 1 aromatic rings. The second kappa shape index (κ2) is 8.69. The summed E-state index contributed by atoms with van der Waals surface area (Å²) < 4.78 is 1.90. The highest BCUT2D eigenvalue weighted by molar-refractivity contribution is 5.76. The van der Waals surface area contributed by atoms with Gasteiger partial charge in [0.05, 0.1) is 6.54 Å². The van der Waals surface area contributed by atoms with Crippen molar-refractivity contribution in [2.45, 2.75) is 59.2 Å². The molecule has 1 aromatic heterocycles. The highest BCUT2D eigenvalue weighted by Crippen LogP contribution is 1.99. The second-order valence-corrected chi connectivity index (χ2v) is 4.91. The molecule has 5 heteroatoms. The Balaban J connectivity index is 2.43. The zero-order valence-corrected chi connectivity index (χ0v) is 12.3. The van der Waals surface area contributed by atoms with Crippen LogP contribution in [0.1, 0.15) is 45.9 Å². The molecule has 19 heavy (non-hydrogen) atoms. The lowest BCUT2D eigenvalue weighted by atomic mass is 10.2. The van der Waals surface area contributed by atoms with E-state index in [0.29, 0.717) is 13.1 Å². The minimum absolute atomic E-state index is 0.0516. The van der Waals surface area contributed by atoms with Crippen LogP contribution in [0.2, 0.25) is 0 Å². The lowest BCUT2D eigenvalue weighted by molar-refractivity contribution is -0.122. The van der Waals surface area contributed by atoms with Gasteiger partial charge in [-0.15, -0.1) is 0 Å². The molecule has 0 aliphatic carbocycles. The first-order valence-corrected chi connectivity index (χ1v) is 7.17. The zero-order chi connectivity index (χ0) is 14.1. The van der Waals surface area contributed by atoms with E-state index in [9.17, 15) is 4.79 Å². The van der Waals surface area contributed by atoms with Crippen LogP contribution in [0.4, 0.5) is 0 Å². The predicted octanol–water partition coefficient (Wildman–Crippen LogP) is 1.69. The summed E-state index contributed by atoms with van der Waals surface area (Å²) in [5.41, 5.74) is 0. The lowest BCUT2D eigenvalue weighted by Crippen LogP contribution is -2.35. The topological polar surface area (TPSA) is 59.0 Å². The summed E-state index contributed by atoms with van der Waals surface area (Å²) in [6.07, 6.45) is 6.79. The summed E-state index contributed by atoms with van der Waals surface area (Å²) >= 11 is 0. The van der Waals surface area contributed by atoms with Crippen LogP contribution in [-0.4, -0.2) is 28.0 Å². The van der Waals surface area contributed by atoms with E-state index in [1.807, 2.05) is 17.7 Å². The van der Waals surface area contributed by atoms with E-state index in [4.69, 9.17) is 0 Å². The van der Waals surface area contributed by atoms with Crippen LogP contribution < -0.4 is 10.6 Å². The summed E-state index contributed by atoms with van der Waals surface area (Å²) in [6, 6.07) is 0.239. The molecular weight excluding hydrogens is 240 g/mol. The van der Waals surface area contributed by atoms with Gasteiger partial charge in [-0.3, -0.25) is 4.79 Å². The molecule has 108 valence electrons. The van der Waals surface area contributed by atoms with Crippen LogP contribution in [0.25, 0.3) is 0 Å². The standard InChI is InChI=1S/C14H26N4O/c1-4-6-12(3)17-14(19)11-18-9-8-16-13(18)10-15-7-5-2/h8-9,12,15H,4-7,10-11H2,1-3H3,(H,17,19). The first-order valence-electron chi connectivity index (χ1n) is 7.17. The van der Waals surface area contributed by atoms with Crippen molar-refractivity contribution >= 4 is 5.91 Å². The molecule has 1 unspecified atom stereocenters. The van der Waals surface area contributed by atoms with Crippen molar-refractivity contribution in [2.24, 2.45) is 0 Å². The van der Waals surface area contributed by atoms with Crippen molar-refractivity contribution in [1.29, 1.82) is 0 Å². The Morgan fingerprint density at radius 3 is 2.89 bits per heavy atom. The highest BCUT2D eigenvalue weighted by atomic mass is 16.2.